The van der Waals surface area contributed by atoms with Gasteiger partial charge in [0.15, 0.2) is 6.29 Å². The Morgan fingerprint density at radius 2 is 1.93 bits per heavy atom. The average Bonchev–Trinajstić information content (AvgIpc) is 2.97. The lowest BCUT2D eigenvalue weighted by Crippen LogP contribution is -2.61. The van der Waals surface area contributed by atoms with Crippen LogP contribution >= 0.6 is 0 Å². The van der Waals surface area contributed by atoms with Gasteiger partial charge in [0.1, 0.15) is 30.5 Å². The van der Waals surface area contributed by atoms with Crippen LogP contribution in [0.4, 0.5) is 0 Å². The smallest absolute Gasteiger partial charge is 0.309 e. The third kappa shape index (κ3) is 3.25. The minimum Gasteiger partial charge on any atom is -0.461 e. The molecule has 2 saturated carbocycles. The number of fused-ring (bicyclic) bond motifs is 3. The number of hydrogen-bond acceptors (Lipinski definition) is 8. The molecule has 0 bridgehead atoms. The van der Waals surface area contributed by atoms with Crippen LogP contribution < -0.4 is 0 Å². The van der Waals surface area contributed by atoms with Crippen molar-refractivity contribution in [3.63, 3.8) is 0 Å². The van der Waals surface area contributed by atoms with E-state index in [0.717, 1.165) is 18.4 Å². The Morgan fingerprint density at radius 1 is 1.21 bits per heavy atom. The molecule has 8 heteroatoms. The van der Waals surface area contributed by atoms with E-state index >= 15 is 0 Å². The van der Waals surface area contributed by atoms with Crippen LogP contribution in [0, 0.1) is 23.2 Å². The first kappa shape index (κ1) is 21.2. The standard InChI is InChI=1S/C21H32O8/c1-9-4-5-13(28-20-17(25)16(24)15(23)12(8-22)27-20)21(3)7-6-11-10(2)19(26)29-18(11)14(9)21/h10-18,20,22-25H,1,4-8H2,2-3H3/t10-,11-,12+,13+,14+,15+,16-,17+,18-,20-,21-/m0/s1. The molecule has 2 saturated heterocycles. The molecule has 29 heavy (non-hydrogen) atoms. The highest BCUT2D eigenvalue weighted by atomic mass is 16.7. The normalized spacial score (nSPS) is 52.6. The highest BCUT2D eigenvalue weighted by molar-refractivity contribution is 5.75. The second-order valence-corrected chi connectivity index (χ2v) is 9.40. The molecular formula is C21H32O8. The van der Waals surface area contributed by atoms with Crippen molar-refractivity contribution in [2.24, 2.45) is 23.2 Å². The molecule has 0 amide bonds. The number of aliphatic hydroxyl groups is 4. The fourth-order valence-electron chi connectivity index (χ4n) is 5.95. The molecule has 0 spiro atoms. The number of aliphatic hydroxyl groups excluding tert-OH is 4. The second kappa shape index (κ2) is 7.59. The van der Waals surface area contributed by atoms with Gasteiger partial charge in [-0.15, -0.1) is 0 Å². The molecule has 0 aromatic heterocycles. The minimum absolute atomic E-state index is 0.0428. The molecule has 8 nitrogen and oxygen atoms in total. The van der Waals surface area contributed by atoms with Crippen LogP contribution in [0.5, 0.6) is 0 Å². The molecule has 0 radical (unpaired) electrons. The quantitative estimate of drug-likeness (QED) is 0.380. The zero-order chi connectivity index (χ0) is 21.1. The van der Waals surface area contributed by atoms with E-state index in [2.05, 4.69) is 13.5 Å². The van der Waals surface area contributed by atoms with Gasteiger partial charge in [0.05, 0.1) is 18.6 Å². The summed E-state index contributed by atoms with van der Waals surface area (Å²) in [6.07, 6.45) is -3.98. The number of ether oxygens (including phenoxy) is 3. The van der Waals surface area contributed by atoms with Gasteiger partial charge < -0.3 is 34.6 Å². The zero-order valence-corrected chi connectivity index (χ0v) is 16.9. The van der Waals surface area contributed by atoms with E-state index in [1.807, 2.05) is 6.92 Å². The predicted octanol–water partition coefficient (Wildman–Crippen LogP) is 0.115. The summed E-state index contributed by atoms with van der Waals surface area (Å²) in [4.78, 5) is 12.2. The fraction of sp³-hybridized carbons (Fsp3) is 0.857. The molecule has 0 aromatic rings. The molecular weight excluding hydrogens is 380 g/mol. The molecule has 2 aliphatic heterocycles. The van der Waals surface area contributed by atoms with Crippen LogP contribution in [0.2, 0.25) is 0 Å². The summed E-state index contributed by atoms with van der Waals surface area (Å²) in [5, 5.41) is 39.9. The van der Waals surface area contributed by atoms with Gasteiger partial charge in [-0.1, -0.05) is 26.0 Å². The zero-order valence-electron chi connectivity index (χ0n) is 16.9. The van der Waals surface area contributed by atoms with Crippen molar-refractivity contribution in [2.75, 3.05) is 6.61 Å². The Hall–Kier alpha value is -1.03. The molecule has 2 heterocycles. The van der Waals surface area contributed by atoms with Gasteiger partial charge in [0, 0.05) is 17.3 Å². The summed E-state index contributed by atoms with van der Waals surface area (Å²) in [5.41, 5.74) is 0.692. The predicted molar refractivity (Wildman–Crippen MR) is 100 cm³/mol. The molecule has 4 N–H and O–H groups in total. The maximum Gasteiger partial charge on any atom is 0.309 e. The van der Waals surface area contributed by atoms with Crippen LogP contribution in [0.15, 0.2) is 12.2 Å². The lowest BCUT2D eigenvalue weighted by atomic mass is 9.53. The van der Waals surface area contributed by atoms with Gasteiger partial charge in [-0.05, 0) is 25.7 Å². The SMILES string of the molecule is C=C1CC[C@@H](O[C@@H]2O[C@H](CO)[C@@H](O)[C@H](O)[C@H]2O)[C@]2(C)CC[C@@H]3[C@H](OC(=O)[C@H]3C)[C@@H]12. The highest BCUT2D eigenvalue weighted by Crippen LogP contribution is 2.58. The maximum absolute atomic E-state index is 12.2. The van der Waals surface area contributed by atoms with Crippen molar-refractivity contribution in [1.29, 1.82) is 0 Å². The third-order valence-electron chi connectivity index (χ3n) is 7.79. The van der Waals surface area contributed by atoms with Crippen molar-refractivity contribution >= 4 is 5.97 Å². The van der Waals surface area contributed by atoms with Crippen LogP contribution in [-0.4, -0.2) is 75.9 Å². The van der Waals surface area contributed by atoms with Gasteiger partial charge in [0.2, 0.25) is 0 Å². The number of esters is 1. The number of rotatable bonds is 3. The molecule has 4 rings (SSSR count). The van der Waals surface area contributed by atoms with E-state index in [0.29, 0.717) is 12.8 Å². The first-order valence-electron chi connectivity index (χ1n) is 10.5. The first-order chi connectivity index (χ1) is 13.7. The monoisotopic (exact) mass is 412 g/mol. The number of carbonyl (C=O) groups is 1. The van der Waals surface area contributed by atoms with Gasteiger partial charge in [0.25, 0.3) is 0 Å². The van der Waals surface area contributed by atoms with Crippen molar-refractivity contribution in [2.45, 2.75) is 82.4 Å². The van der Waals surface area contributed by atoms with Crippen LogP contribution in [-0.2, 0) is 19.0 Å². The van der Waals surface area contributed by atoms with Gasteiger partial charge in [-0.25, -0.2) is 0 Å². The number of hydrogen-bond donors (Lipinski definition) is 4. The highest BCUT2D eigenvalue weighted by Gasteiger charge is 2.60. The Morgan fingerprint density at radius 3 is 2.62 bits per heavy atom. The van der Waals surface area contributed by atoms with Crippen molar-refractivity contribution < 1.29 is 39.4 Å². The molecule has 0 unspecified atom stereocenters. The summed E-state index contributed by atoms with van der Waals surface area (Å²) in [6.45, 7) is 7.79. The van der Waals surface area contributed by atoms with Crippen molar-refractivity contribution in [3.05, 3.63) is 12.2 Å². The average molecular weight is 412 g/mol. The van der Waals surface area contributed by atoms with Crippen LogP contribution in [0.1, 0.15) is 39.5 Å². The van der Waals surface area contributed by atoms with E-state index in [-0.39, 0.29) is 41.3 Å². The van der Waals surface area contributed by atoms with Gasteiger partial charge in [-0.3, -0.25) is 4.79 Å². The van der Waals surface area contributed by atoms with Gasteiger partial charge in [-0.2, -0.15) is 0 Å². The topological polar surface area (TPSA) is 126 Å². The Balaban J connectivity index is 1.56. The van der Waals surface area contributed by atoms with Crippen molar-refractivity contribution in [1.82, 2.24) is 0 Å². The Labute approximate surface area is 170 Å². The number of carbonyl (C=O) groups excluding carboxylic acids is 1. The van der Waals surface area contributed by atoms with E-state index < -0.39 is 37.3 Å². The van der Waals surface area contributed by atoms with Crippen molar-refractivity contribution in [3.8, 4) is 0 Å². The van der Waals surface area contributed by atoms with Gasteiger partial charge >= 0.3 is 5.97 Å². The summed E-state index contributed by atoms with van der Waals surface area (Å²) in [5.74, 6) is -0.153. The Bertz CT molecular complexity index is 665. The van der Waals surface area contributed by atoms with E-state index in [1.165, 1.54) is 0 Å². The minimum atomic E-state index is -1.47. The molecule has 4 aliphatic rings. The summed E-state index contributed by atoms with van der Waals surface area (Å²) in [7, 11) is 0. The summed E-state index contributed by atoms with van der Waals surface area (Å²) >= 11 is 0. The van der Waals surface area contributed by atoms with Crippen LogP contribution in [0.25, 0.3) is 0 Å². The molecule has 164 valence electrons. The van der Waals surface area contributed by atoms with E-state index in [9.17, 15) is 25.2 Å². The molecule has 2 aliphatic carbocycles. The van der Waals surface area contributed by atoms with E-state index in [4.69, 9.17) is 14.2 Å². The van der Waals surface area contributed by atoms with E-state index in [1.54, 1.807) is 0 Å². The lowest BCUT2D eigenvalue weighted by molar-refractivity contribution is -0.325. The summed E-state index contributed by atoms with van der Waals surface area (Å²) in [6, 6.07) is 0. The largest absolute Gasteiger partial charge is 0.461 e. The van der Waals surface area contributed by atoms with Crippen LogP contribution in [0.3, 0.4) is 0 Å². The third-order valence-corrected chi connectivity index (χ3v) is 7.79. The lowest BCUT2D eigenvalue weighted by Gasteiger charge is -2.55. The Kier molecular flexibility index (Phi) is 5.55. The molecule has 11 atom stereocenters. The molecule has 0 aromatic carbocycles. The second-order valence-electron chi connectivity index (χ2n) is 9.40. The fourth-order valence-corrected chi connectivity index (χ4v) is 5.95. The first-order valence-corrected chi connectivity index (χ1v) is 10.5. The summed E-state index contributed by atoms with van der Waals surface area (Å²) < 4.78 is 17.5. The molecule has 4 fully saturated rings. The maximum atomic E-state index is 12.2.